The predicted octanol–water partition coefficient (Wildman–Crippen LogP) is 2.82. The van der Waals surface area contributed by atoms with Crippen LogP contribution in [0, 0.1) is 6.92 Å². The second-order valence-corrected chi connectivity index (χ2v) is 5.44. The number of nitrogens with zero attached hydrogens (tertiary/aromatic N) is 2. The summed E-state index contributed by atoms with van der Waals surface area (Å²) in [5.74, 6) is 1.11. The number of hydrogen-bond acceptors (Lipinski definition) is 2. The lowest BCUT2D eigenvalue weighted by Gasteiger charge is -2.13. The maximum absolute atomic E-state index is 4.42. The van der Waals surface area contributed by atoms with Crippen molar-refractivity contribution in [3.8, 4) is 0 Å². The summed E-state index contributed by atoms with van der Waals surface area (Å²) in [6.45, 7) is 7.40. The van der Waals surface area contributed by atoms with Crippen LogP contribution in [0.3, 0.4) is 0 Å². The average molecular weight is 257 g/mol. The number of imidazole rings is 1. The first-order valence-electron chi connectivity index (χ1n) is 6.84. The number of rotatable bonds is 5. The molecule has 0 bridgehead atoms. The van der Waals surface area contributed by atoms with Gasteiger partial charge in [0, 0.05) is 38.4 Å². The van der Waals surface area contributed by atoms with Gasteiger partial charge in [-0.25, -0.2) is 4.98 Å². The molecular formula is C16H23N3. The third kappa shape index (κ3) is 3.67. The van der Waals surface area contributed by atoms with Gasteiger partial charge in [-0.05, 0) is 18.1 Å². The Balaban J connectivity index is 2.22. The molecule has 3 nitrogen and oxygen atoms in total. The third-order valence-electron chi connectivity index (χ3n) is 3.33. The predicted molar refractivity (Wildman–Crippen MR) is 79.2 cm³/mol. The Kier molecular flexibility index (Phi) is 4.38. The van der Waals surface area contributed by atoms with E-state index in [9.17, 15) is 0 Å². The summed E-state index contributed by atoms with van der Waals surface area (Å²) in [6, 6.07) is 7.18. The van der Waals surface area contributed by atoms with E-state index in [4.69, 9.17) is 0 Å². The van der Waals surface area contributed by atoms with Crippen LogP contribution >= 0.6 is 0 Å². The maximum Gasteiger partial charge on any atom is 0.112 e. The standard InChI is InChI=1S/C16H23N3/c1-12(2)18-11-14-6-5-13(3)9-15(14)10-16-17-7-8-19(16)4/h5-9,12,18H,10-11H2,1-4H3. The van der Waals surface area contributed by atoms with Gasteiger partial charge in [0.1, 0.15) is 5.82 Å². The summed E-state index contributed by atoms with van der Waals surface area (Å²) >= 11 is 0. The van der Waals surface area contributed by atoms with E-state index in [0.29, 0.717) is 6.04 Å². The molecule has 2 rings (SSSR count). The van der Waals surface area contributed by atoms with Gasteiger partial charge in [0.25, 0.3) is 0 Å². The number of hydrogen-bond donors (Lipinski definition) is 1. The van der Waals surface area contributed by atoms with Crippen molar-refractivity contribution in [3.05, 3.63) is 53.1 Å². The van der Waals surface area contributed by atoms with Crippen molar-refractivity contribution in [2.24, 2.45) is 7.05 Å². The molecular weight excluding hydrogens is 234 g/mol. The second-order valence-electron chi connectivity index (χ2n) is 5.44. The summed E-state index contributed by atoms with van der Waals surface area (Å²) in [4.78, 5) is 4.42. The van der Waals surface area contributed by atoms with Crippen LogP contribution in [-0.4, -0.2) is 15.6 Å². The molecule has 0 fully saturated rings. The van der Waals surface area contributed by atoms with Crippen molar-refractivity contribution in [1.82, 2.24) is 14.9 Å². The molecule has 0 saturated heterocycles. The quantitative estimate of drug-likeness (QED) is 0.892. The summed E-state index contributed by atoms with van der Waals surface area (Å²) in [5.41, 5.74) is 4.03. The third-order valence-corrected chi connectivity index (χ3v) is 3.33. The van der Waals surface area contributed by atoms with E-state index in [1.807, 2.05) is 19.4 Å². The normalized spacial score (nSPS) is 11.2. The van der Waals surface area contributed by atoms with Gasteiger partial charge in [0.05, 0.1) is 0 Å². The fourth-order valence-electron chi connectivity index (χ4n) is 2.14. The molecule has 1 N–H and O–H groups in total. The van der Waals surface area contributed by atoms with E-state index in [1.54, 1.807) is 0 Å². The highest BCUT2D eigenvalue weighted by molar-refractivity contribution is 5.33. The number of aromatic nitrogens is 2. The van der Waals surface area contributed by atoms with E-state index in [-0.39, 0.29) is 0 Å². The lowest BCUT2D eigenvalue weighted by atomic mass is 10.0. The van der Waals surface area contributed by atoms with Crippen molar-refractivity contribution >= 4 is 0 Å². The van der Waals surface area contributed by atoms with Crippen LogP contribution in [0.2, 0.25) is 0 Å². The fraction of sp³-hybridized carbons (Fsp3) is 0.438. The van der Waals surface area contributed by atoms with Crippen LogP contribution in [0.1, 0.15) is 36.4 Å². The second kappa shape index (κ2) is 6.02. The number of aryl methyl sites for hydroxylation is 2. The maximum atomic E-state index is 4.42. The zero-order chi connectivity index (χ0) is 13.8. The molecule has 0 atom stereocenters. The van der Waals surface area contributed by atoms with Crippen molar-refractivity contribution in [2.45, 2.75) is 39.8 Å². The Hall–Kier alpha value is -1.61. The molecule has 0 radical (unpaired) electrons. The number of benzene rings is 1. The summed E-state index contributed by atoms with van der Waals surface area (Å²) < 4.78 is 2.09. The Labute approximate surface area is 115 Å². The molecule has 0 saturated carbocycles. The minimum absolute atomic E-state index is 0.502. The highest BCUT2D eigenvalue weighted by Gasteiger charge is 2.07. The van der Waals surface area contributed by atoms with Gasteiger partial charge in [-0.1, -0.05) is 37.6 Å². The van der Waals surface area contributed by atoms with Crippen LogP contribution in [0.4, 0.5) is 0 Å². The summed E-state index contributed by atoms with van der Waals surface area (Å²) in [7, 11) is 2.05. The highest BCUT2D eigenvalue weighted by atomic mass is 15.0. The zero-order valence-electron chi connectivity index (χ0n) is 12.3. The average Bonchev–Trinajstić information content (AvgIpc) is 2.74. The first-order valence-corrected chi connectivity index (χ1v) is 6.84. The molecule has 3 heteroatoms. The van der Waals surface area contributed by atoms with Crippen LogP contribution in [0.15, 0.2) is 30.6 Å². The topological polar surface area (TPSA) is 29.9 Å². The van der Waals surface area contributed by atoms with E-state index in [0.717, 1.165) is 18.8 Å². The largest absolute Gasteiger partial charge is 0.338 e. The lowest BCUT2D eigenvalue weighted by molar-refractivity contribution is 0.586. The fourth-order valence-corrected chi connectivity index (χ4v) is 2.14. The summed E-state index contributed by atoms with van der Waals surface area (Å²) in [6.07, 6.45) is 4.74. The van der Waals surface area contributed by atoms with Gasteiger partial charge in [0.2, 0.25) is 0 Å². The van der Waals surface area contributed by atoms with E-state index in [2.05, 4.69) is 53.8 Å². The minimum Gasteiger partial charge on any atom is -0.338 e. The molecule has 0 aliphatic rings. The van der Waals surface area contributed by atoms with E-state index < -0.39 is 0 Å². The van der Waals surface area contributed by atoms with Gasteiger partial charge < -0.3 is 9.88 Å². The molecule has 0 amide bonds. The Bertz CT molecular complexity index is 541. The Morgan fingerprint density at radius 3 is 2.68 bits per heavy atom. The van der Waals surface area contributed by atoms with Crippen molar-refractivity contribution in [1.29, 1.82) is 0 Å². The molecule has 0 aliphatic heterocycles. The van der Waals surface area contributed by atoms with E-state index >= 15 is 0 Å². The van der Waals surface area contributed by atoms with Crippen LogP contribution in [-0.2, 0) is 20.0 Å². The van der Waals surface area contributed by atoms with Gasteiger partial charge in [0.15, 0.2) is 0 Å². The van der Waals surface area contributed by atoms with Gasteiger partial charge in [-0.2, -0.15) is 0 Å². The molecule has 1 aromatic carbocycles. The molecule has 0 aliphatic carbocycles. The molecule has 2 aromatic rings. The first-order chi connectivity index (χ1) is 9.06. The first kappa shape index (κ1) is 13.8. The van der Waals surface area contributed by atoms with Crippen molar-refractivity contribution in [3.63, 3.8) is 0 Å². The monoisotopic (exact) mass is 257 g/mol. The van der Waals surface area contributed by atoms with Gasteiger partial charge in [-0.3, -0.25) is 0 Å². The molecule has 1 aromatic heterocycles. The molecule has 1 heterocycles. The van der Waals surface area contributed by atoms with Crippen LogP contribution < -0.4 is 5.32 Å². The summed E-state index contributed by atoms with van der Waals surface area (Å²) in [5, 5.41) is 3.49. The highest BCUT2D eigenvalue weighted by Crippen LogP contribution is 2.15. The molecule has 0 unspecified atom stereocenters. The van der Waals surface area contributed by atoms with Crippen LogP contribution in [0.5, 0.6) is 0 Å². The minimum atomic E-state index is 0.502. The van der Waals surface area contributed by atoms with Crippen molar-refractivity contribution < 1.29 is 0 Å². The van der Waals surface area contributed by atoms with Gasteiger partial charge >= 0.3 is 0 Å². The Morgan fingerprint density at radius 2 is 2.05 bits per heavy atom. The van der Waals surface area contributed by atoms with E-state index in [1.165, 1.54) is 16.7 Å². The lowest BCUT2D eigenvalue weighted by Crippen LogP contribution is -2.22. The Morgan fingerprint density at radius 1 is 1.26 bits per heavy atom. The molecule has 102 valence electrons. The SMILES string of the molecule is Cc1ccc(CNC(C)C)c(Cc2nccn2C)c1. The van der Waals surface area contributed by atoms with Crippen LogP contribution in [0.25, 0.3) is 0 Å². The molecule has 0 spiro atoms. The zero-order valence-corrected chi connectivity index (χ0v) is 12.3. The van der Waals surface area contributed by atoms with Crippen molar-refractivity contribution in [2.75, 3.05) is 0 Å². The smallest absolute Gasteiger partial charge is 0.112 e. The van der Waals surface area contributed by atoms with Gasteiger partial charge in [-0.15, -0.1) is 0 Å². The molecule has 19 heavy (non-hydrogen) atoms. The number of nitrogens with one attached hydrogen (secondary N) is 1.